The predicted molar refractivity (Wildman–Crippen MR) is 121 cm³/mol. The number of hydrogen-bond acceptors (Lipinski definition) is 4. The summed E-state index contributed by atoms with van der Waals surface area (Å²) in [5, 5.41) is 8.20. The molecule has 0 saturated carbocycles. The second kappa shape index (κ2) is 5.80. The molecule has 1 unspecified atom stereocenters. The first-order chi connectivity index (χ1) is 13.3. The Morgan fingerprint density at radius 3 is 2.33 bits per heavy atom. The Morgan fingerprint density at radius 1 is 0.778 bits per heavy atom. The fraction of sp³-hybridized carbons (Fsp3) is 0.0455. The first-order valence-electron chi connectivity index (χ1n) is 8.70. The molecule has 0 amide bonds. The van der Waals surface area contributed by atoms with Crippen molar-refractivity contribution in [1.29, 1.82) is 0 Å². The van der Waals surface area contributed by atoms with E-state index in [-0.39, 0.29) is 5.50 Å². The van der Waals surface area contributed by atoms with Crippen molar-refractivity contribution in [2.75, 3.05) is 5.32 Å². The van der Waals surface area contributed by atoms with Gasteiger partial charge in [0, 0.05) is 35.8 Å². The SMILES string of the molecule is ClC1Nc2c(sc3ccccc23)N=C1c1ccc2sc3ccccc3c2c1. The summed E-state index contributed by atoms with van der Waals surface area (Å²) < 4.78 is 3.82. The minimum atomic E-state index is -0.349. The maximum Gasteiger partial charge on any atom is 0.145 e. The van der Waals surface area contributed by atoms with Gasteiger partial charge in [0.05, 0.1) is 11.4 Å². The lowest BCUT2D eigenvalue weighted by Crippen LogP contribution is -2.26. The second-order valence-corrected chi connectivity index (χ2v) is 9.14. The number of benzene rings is 3. The van der Waals surface area contributed by atoms with Gasteiger partial charge in [0.15, 0.2) is 0 Å². The molecule has 0 aliphatic carbocycles. The number of alkyl halides is 1. The lowest BCUT2D eigenvalue weighted by Gasteiger charge is -2.21. The summed E-state index contributed by atoms with van der Waals surface area (Å²) in [6.45, 7) is 0. The average molecular weight is 405 g/mol. The van der Waals surface area contributed by atoms with E-state index in [0.717, 1.165) is 22.0 Å². The van der Waals surface area contributed by atoms with E-state index in [4.69, 9.17) is 16.6 Å². The van der Waals surface area contributed by atoms with Crippen LogP contribution in [-0.4, -0.2) is 11.2 Å². The van der Waals surface area contributed by atoms with Crippen molar-refractivity contribution < 1.29 is 0 Å². The van der Waals surface area contributed by atoms with Crippen LogP contribution in [0.15, 0.2) is 71.7 Å². The molecule has 0 bridgehead atoms. The van der Waals surface area contributed by atoms with E-state index in [0.29, 0.717) is 0 Å². The highest BCUT2D eigenvalue weighted by Gasteiger charge is 2.25. The molecule has 5 aromatic rings. The van der Waals surface area contributed by atoms with Crippen molar-refractivity contribution in [2.24, 2.45) is 4.99 Å². The number of thiophene rings is 2. The Hall–Kier alpha value is -2.40. The fourth-order valence-corrected chi connectivity index (χ4v) is 6.13. The molecule has 0 radical (unpaired) electrons. The van der Waals surface area contributed by atoms with Gasteiger partial charge in [0.2, 0.25) is 0 Å². The normalized spacial score (nSPS) is 16.5. The van der Waals surface area contributed by atoms with Crippen LogP contribution in [0.3, 0.4) is 0 Å². The number of fused-ring (bicyclic) bond motifs is 6. The molecule has 0 fully saturated rings. The maximum atomic E-state index is 6.71. The van der Waals surface area contributed by atoms with E-state index >= 15 is 0 Å². The van der Waals surface area contributed by atoms with Gasteiger partial charge in [-0.1, -0.05) is 54.1 Å². The highest BCUT2D eigenvalue weighted by molar-refractivity contribution is 7.25. The van der Waals surface area contributed by atoms with E-state index in [9.17, 15) is 0 Å². The third-order valence-electron chi connectivity index (χ3n) is 4.98. The summed E-state index contributed by atoms with van der Waals surface area (Å²) in [4.78, 5) is 4.95. The van der Waals surface area contributed by atoms with E-state index in [1.54, 1.807) is 11.3 Å². The largest absolute Gasteiger partial charge is 0.361 e. The third-order valence-corrected chi connectivity index (χ3v) is 7.51. The topological polar surface area (TPSA) is 24.4 Å². The number of anilines is 1. The van der Waals surface area contributed by atoms with E-state index < -0.39 is 0 Å². The molecule has 5 heteroatoms. The van der Waals surface area contributed by atoms with Crippen molar-refractivity contribution in [3.63, 3.8) is 0 Å². The summed E-state index contributed by atoms with van der Waals surface area (Å²) in [6.07, 6.45) is 0. The summed E-state index contributed by atoms with van der Waals surface area (Å²) in [5.41, 5.74) is 2.65. The number of aliphatic imine (C=N–C) groups is 1. The summed E-state index contributed by atoms with van der Waals surface area (Å²) in [6, 6.07) is 23.4. The molecule has 3 heterocycles. The quantitative estimate of drug-likeness (QED) is 0.229. The Labute approximate surface area is 168 Å². The van der Waals surface area contributed by atoms with Crippen LogP contribution in [-0.2, 0) is 0 Å². The van der Waals surface area contributed by atoms with Crippen LogP contribution in [0.25, 0.3) is 30.3 Å². The molecular formula is C22H13ClN2S2. The number of halogens is 1. The van der Waals surface area contributed by atoms with Gasteiger partial charge in [-0.15, -0.1) is 22.7 Å². The average Bonchev–Trinajstić information content (AvgIpc) is 3.24. The van der Waals surface area contributed by atoms with Crippen molar-refractivity contribution in [1.82, 2.24) is 0 Å². The predicted octanol–water partition coefficient (Wildman–Crippen LogP) is 7.38. The second-order valence-electron chi connectivity index (χ2n) is 6.59. The maximum absolute atomic E-state index is 6.71. The molecule has 2 aromatic heterocycles. The smallest absolute Gasteiger partial charge is 0.145 e. The summed E-state index contributed by atoms with van der Waals surface area (Å²) >= 11 is 10.2. The van der Waals surface area contributed by atoms with Crippen LogP contribution in [0.1, 0.15) is 5.56 Å². The Balaban J connectivity index is 1.56. The van der Waals surface area contributed by atoms with Crippen LogP contribution in [0.2, 0.25) is 0 Å². The summed E-state index contributed by atoms with van der Waals surface area (Å²) in [7, 11) is 0. The fourth-order valence-electron chi connectivity index (χ4n) is 3.71. The minimum Gasteiger partial charge on any atom is -0.361 e. The van der Waals surface area contributed by atoms with Crippen molar-refractivity contribution in [3.8, 4) is 0 Å². The standard InChI is InChI=1S/C22H13ClN2S2/c23-21-19(25-22-20(24-21)14-6-2-4-8-17(14)27-22)12-9-10-18-15(11-12)13-5-1-3-7-16(13)26-18/h1-11,21,24H. The van der Waals surface area contributed by atoms with E-state index in [2.05, 4.69) is 72.0 Å². The van der Waals surface area contributed by atoms with Gasteiger partial charge in [-0.05, 0) is 24.3 Å². The highest BCUT2D eigenvalue weighted by Crippen LogP contribution is 2.45. The van der Waals surface area contributed by atoms with Crippen molar-refractivity contribution in [3.05, 3.63) is 72.3 Å². The third kappa shape index (κ3) is 2.34. The number of hydrogen-bond donors (Lipinski definition) is 1. The van der Waals surface area contributed by atoms with Crippen LogP contribution >= 0.6 is 34.3 Å². The van der Waals surface area contributed by atoms with E-state index in [1.165, 1.54) is 30.3 Å². The molecule has 1 aliphatic rings. The van der Waals surface area contributed by atoms with Crippen LogP contribution in [0, 0.1) is 0 Å². The molecule has 27 heavy (non-hydrogen) atoms. The van der Waals surface area contributed by atoms with Gasteiger partial charge in [-0.3, -0.25) is 0 Å². The van der Waals surface area contributed by atoms with Gasteiger partial charge in [-0.25, -0.2) is 4.99 Å². The van der Waals surface area contributed by atoms with Crippen LogP contribution < -0.4 is 5.32 Å². The molecule has 2 nitrogen and oxygen atoms in total. The number of nitrogens with zero attached hydrogens (tertiary/aromatic N) is 1. The lowest BCUT2D eigenvalue weighted by atomic mass is 10.0. The Kier molecular flexibility index (Phi) is 3.36. The lowest BCUT2D eigenvalue weighted by molar-refractivity contribution is 1.25. The number of nitrogens with one attached hydrogen (secondary N) is 1. The molecule has 1 N–H and O–H groups in total. The zero-order valence-electron chi connectivity index (χ0n) is 14.1. The molecule has 1 atom stereocenters. The summed E-state index contributed by atoms with van der Waals surface area (Å²) in [5.74, 6) is 0. The minimum absolute atomic E-state index is 0.349. The molecule has 3 aromatic carbocycles. The molecular weight excluding hydrogens is 392 g/mol. The van der Waals surface area contributed by atoms with Gasteiger partial charge in [-0.2, -0.15) is 0 Å². The van der Waals surface area contributed by atoms with Crippen molar-refractivity contribution >= 4 is 80.9 Å². The number of rotatable bonds is 1. The first-order valence-corrected chi connectivity index (χ1v) is 10.8. The van der Waals surface area contributed by atoms with Gasteiger partial charge in [0.1, 0.15) is 10.5 Å². The molecule has 1 aliphatic heterocycles. The van der Waals surface area contributed by atoms with Gasteiger partial charge < -0.3 is 5.32 Å². The van der Waals surface area contributed by atoms with Crippen LogP contribution in [0.4, 0.5) is 10.7 Å². The Morgan fingerprint density at radius 2 is 1.48 bits per heavy atom. The highest BCUT2D eigenvalue weighted by atomic mass is 35.5. The first kappa shape index (κ1) is 15.6. The molecule has 0 saturated heterocycles. The van der Waals surface area contributed by atoms with Crippen molar-refractivity contribution in [2.45, 2.75) is 5.50 Å². The Bertz CT molecular complexity index is 1380. The zero-order chi connectivity index (χ0) is 18.0. The van der Waals surface area contributed by atoms with Crippen LogP contribution in [0.5, 0.6) is 0 Å². The van der Waals surface area contributed by atoms with Gasteiger partial charge >= 0.3 is 0 Å². The molecule has 0 spiro atoms. The van der Waals surface area contributed by atoms with E-state index in [1.807, 2.05) is 11.3 Å². The zero-order valence-corrected chi connectivity index (χ0v) is 16.5. The van der Waals surface area contributed by atoms with Gasteiger partial charge in [0.25, 0.3) is 0 Å². The molecule has 6 rings (SSSR count). The molecule has 130 valence electrons. The monoisotopic (exact) mass is 404 g/mol.